The Balaban J connectivity index is 1.86. The monoisotopic (exact) mass is 330 g/mol. The number of aliphatic carboxylic acids is 1. The smallest absolute Gasteiger partial charge is 0.326 e. The molecule has 2 amide bonds. The van der Waals surface area contributed by atoms with E-state index < -0.39 is 12.0 Å². The predicted molar refractivity (Wildman–Crippen MR) is 83.0 cm³/mol. The molecular weight excluding hydrogens is 312 g/mol. The first-order valence-electron chi connectivity index (χ1n) is 7.09. The number of carboxylic acid groups (broad SMARTS) is 1. The van der Waals surface area contributed by atoms with E-state index in [0.717, 1.165) is 28.5 Å². The second-order valence-electron chi connectivity index (χ2n) is 5.08. The Morgan fingerprint density at radius 3 is 2.86 bits per heavy atom. The molecule has 0 bridgehead atoms. The third kappa shape index (κ3) is 4.61. The number of nitrogens with zero attached hydrogens (tertiary/aromatic N) is 1. The molecule has 0 radical (unpaired) electrons. The molecule has 0 saturated carbocycles. The van der Waals surface area contributed by atoms with Crippen LogP contribution in [0.5, 0.6) is 0 Å². The second-order valence-corrected chi connectivity index (χ2v) is 6.88. The molecule has 2 rings (SSSR count). The molecular formula is C14H19ClN2O3S. The Morgan fingerprint density at radius 1 is 1.38 bits per heavy atom. The van der Waals surface area contributed by atoms with Crippen molar-refractivity contribution in [1.29, 1.82) is 0 Å². The molecule has 2 heterocycles. The number of amides is 2. The molecule has 1 aromatic heterocycles. The van der Waals surface area contributed by atoms with Crippen molar-refractivity contribution in [2.75, 3.05) is 13.1 Å². The summed E-state index contributed by atoms with van der Waals surface area (Å²) in [7, 11) is 0. The molecule has 1 aliphatic rings. The Labute approximate surface area is 132 Å². The standard InChI is InChI=1S/C14H19ClN2O3S/c15-12-6-5-10(21-12)7-8-16-14(20)17-9-3-1-2-4-11(17)13(18)19/h5-6,11H,1-4,7-9H2,(H,16,20)(H,18,19). The van der Waals surface area contributed by atoms with E-state index in [2.05, 4.69) is 5.32 Å². The fraction of sp³-hybridized carbons (Fsp3) is 0.571. The van der Waals surface area contributed by atoms with Gasteiger partial charge in [0.15, 0.2) is 0 Å². The summed E-state index contributed by atoms with van der Waals surface area (Å²) in [5, 5.41) is 12.1. The zero-order valence-corrected chi connectivity index (χ0v) is 13.3. The average Bonchev–Trinajstić information content (AvgIpc) is 2.72. The van der Waals surface area contributed by atoms with Gasteiger partial charge < -0.3 is 15.3 Å². The Hall–Kier alpha value is -1.27. The number of carbonyl (C=O) groups is 2. The first-order valence-corrected chi connectivity index (χ1v) is 8.29. The van der Waals surface area contributed by atoms with E-state index >= 15 is 0 Å². The van der Waals surface area contributed by atoms with Gasteiger partial charge in [-0.25, -0.2) is 9.59 Å². The lowest BCUT2D eigenvalue weighted by molar-refractivity contribution is -0.142. The van der Waals surface area contributed by atoms with Gasteiger partial charge in [-0.2, -0.15) is 0 Å². The first kappa shape index (κ1) is 16.1. The van der Waals surface area contributed by atoms with Gasteiger partial charge in [-0.3, -0.25) is 0 Å². The van der Waals surface area contributed by atoms with Crippen LogP contribution in [0, 0.1) is 0 Å². The van der Waals surface area contributed by atoms with Crippen LogP contribution in [-0.4, -0.2) is 41.1 Å². The lowest BCUT2D eigenvalue weighted by Crippen LogP contribution is -2.49. The van der Waals surface area contributed by atoms with E-state index in [1.807, 2.05) is 12.1 Å². The van der Waals surface area contributed by atoms with Crippen LogP contribution < -0.4 is 5.32 Å². The molecule has 1 fully saturated rings. The van der Waals surface area contributed by atoms with Crippen molar-refractivity contribution in [2.24, 2.45) is 0 Å². The van der Waals surface area contributed by atoms with E-state index in [4.69, 9.17) is 11.6 Å². The first-order chi connectivity index (χ1) is 10.1. The molecule has 1 unspecified atom stereocenters. The minimum Gasteiger partial charge on any atom is -0.480 e. The van der Waals surface area contributed by atoms with Gasteiger partial charge in [-0.05, 0) is 31.4 Å². The van der Waals surface area contributed by atoms with Crippen LogP contribution in [0.3, 0.4) is 0 Å². The summed E-state index contributed by atoms with van der Waals surface area (Å²) in [5.41, 5.74) is 0. The van der Waals surface area contributed by atoms with Crippen LogP contribution in [0.15, 0.2) is 12.1 Å². The number of urea groups is 1. The summed E-state index contributed by atoms with van der Waals surface area (Å²) in [5.74, 6) is -0.919. The molecule has 0 aliphatic carbocycles. The van der Waals surface area contributed by atoms with Gasteiger partial charge in [-0.15, -0.1) is 11.3 Å². The third-order valence-corrected chi connectivity index (χ3v) is 4.87. The molecule has 0 aromatic carbocycles. The number of carboxylic acids is 1. The number of nitrogens with one attached hydrogen (secondary N) is 1. The van der Waals surface area contributed by atoms with E-state index in [1.165, 1.54) is 16.2 Å². The lowest BCUT2D eigenvalue weighted by atomic mass is 10.1. The fourth-order valence-corrected chi connectivity index (χ4v) is 3.58. The van der Waals surface area contributed by atoms with E-state index in [9.17, 15) is 14.7 Å². The highest BCUT2D eigenvalue weighted by molar-refractivity contribution is 7.16. The summed E-state index contributed by atoms with van der Waals surface area (Å²) in [6, 6.07) is 2.78. The molecule has 1 aliphatic heterocycles. The normalized spacial score (nSPS) is 19.1. The summed E-state index contributed by atoms with van der Waals surface area (Å²) < 4.78 is 0.731. The van der Waals surface area contributed by atoms with Crippen molar-refractivity contribution in [3.8, 4) is 0 Å². The van der Waals surface area contributed by atoms with Crippen LogP contribution in [0.25, 0.3) is 0 Å². The Bertz CT molecular complexity index is 506. The van der Waals surface area contributed by atoms with Crippen molar-refractivity contribution >= 4 is 34.9 Å². The quantitative estimate of drug-likeness (QED) is 0.891. The number of hydrogen-bond donors (Lipinski definition) is 2. The molecule has 21 heavy (non-hydrogen) atoms. The van der Waals surface area contributed by atoms with Crippen molar-refractivity contribution in [3.63, 3.8) is 0 Å². The van der Waals surface area contributed by atoms with Gasteiger partial charge in [0, 0.05) is 18.0 Å². The highest BCUT2D eigenvalue weighted by Crippen LogP contribution is 2.21. The maximum absolute atomic E-state index is 12.2. The maximum atomic E-state index is 12.2. The van der Waals surface area contributed by atoms with Gasteiger partial charge in [-0.1, -0.05) is 24.4 Å². The van der Waals surface area contributed by atoms with Crippen LogP contribution in [0.2, 0.25) is 4.34 Å². The molecule has 5 nitrogen and oxygen atoms in total. The topological polar surface area (TPSA) is 69.6 Å². The van der Waals surface area contributed by atoms with Gasteiger partial charge >= 0.3 is 12.0 Å². The highest BCUT2D eigenvalue weighted by atomic mass is 35.5. The number of halogens is 1. The van der Waals surface area contributed by atoms with Gasteiger partial charge in [0.2, 0.25) is 0 Å². The van der Waals surface area contributed by atoms with Crippen molar-refractivity contribution in [1.82, 2.24) is 10.2 Å². The van der Waals surface area contributed by atoms with Crippen molar-refractivity contribution in [2.45, 2.75) is 38.1 Å². The molecule has 1 saturated heterocycles. The Morgan fingerprint density at radius 2 is 2.19 bits per heavy atom. The lowest BCUT2D eigenvalue weighted by Gasteiger charge is -2.27. The average molecular weight is 331 g/mol. The maximum Gasteiger partial charge on any atom is 0.326 e. The summed E-state index contributed by atoms with van der Waals surface area (Å²) in [6.07, 6.45) is 3.92. The number of likely N-dealkylation sites (tertiary alicyclic amines) is 1. The van der Waals surface area contributed by atoms with Gasteiger partial charge in [0.05, 0.1) is 4.34 Å². The molecule has 0 spiro atoms. The number of carbonyl (C=O) groups excluding carboxylic acids is 1. The van der Waals surface area contributed by atoms with Crippen LogP contribution in [-0.2, 0) is 11.2 Å². The van der Waals surface area contributed by atoms with Crippen LogP contribution >= 0.6 is 22.9 Å². The van der Waals surface area contributed by atoms with E-state index in [0.29, 0.717) is 25.9 Å². The minimum atomic E-state index is -0.919. The molecule has 1 atom stereocenters. The van der Waals surface area contributed by atoms with Gasteiger partial charge in [0.25, 0.3) is 0 Å². The number of thiophene rings is 1. The predicted octanol–water partition coefficient (Wildman–Crippen LogP) is 2.98. The largest absolute Gasteiger partial charge is 0.480 e. The molecule has 2 N–H and O–H groups in total. The third-order valence-electron chi connectivity index (χ3n) is 3.58. The van der Waals surface area contributed by atoms with E-state index in [-0.39, 0.29) is 6.03 Å². The van der Waals surface area contributed by atoms with Crippen molar-refractivity contribution < 1.29 is 14.7 Å². The highest BCUT2D eigenvalue weighted by Gasteiger charge is 2.30. The van der Waals surface area contributed by atoms with Gasteiger partial charge in [0.1, 0.15) is 6.04 Å². The zero-order valence-electron chi connectivity index (χ0n) is 11.7. The molecule has 116 valence electrons. The zero-order chi connectivity index (χ0) is 15.2. The number of rotatable bonds is 4. The SMILES string of the molecule is O=C(O)C1CCCCCN1C(=O)NCCc1ccc(Cl)s1. The molecule has 1 aromatic rings. The summed E-state index contributed by atoms with van der Waals surface area (Å²) in [4.78, 5) is 26.0. The number of hydrogen-bond acceptors (Lipinski definition) is 3. The minimum absolute atomic E-state index is 0.285. The van der Waals surface area contributed by atoms with Crippen molar-refractivity contribution in [3.05, 3.63) is 21.3 Å². The fourth-order valence-electron chi connectivity index (χ4n) is 2.49. The van der Waals surface area contributed by atoms with E-state index in [1.54, 1.807) is 0 Å². The van der Waals surface area contributed by atoms with Crippen LogP contribution in [0.1, 0.15) is 30.6 Å². The second kappa shape index (κ2) is 7.66. The Kier molecular flexibility index (Phi) is 5.87. The summed E-state index contributed by atoms with van der Waals surface area (Å²) in [6.45, 7) is 0.992. The molecule has 7 heteroatoms. The van der Waals surface area contributed by atoms with Crippen LogP contribution in [0.4, 0.5) is 4.79 Å². The summed E-state index contributed by atoms with van der Waals surface area (Å²) >= 11 is 7.34.